The lowest BCUT2D eigenvalue weighted by molar-refractivity contribution is 0.163. The Labute approximate surface area is 249 Å². The Bertz CT molecular complexity index is 1800. The second-order valence-electron chi connectivity index (χ2n) is 12.5. The highest BCUT2D eigenvalue weighted by Crippen LogP contribution is 2.61. The van der Waals surface area contributed by atoms with Crippen LogP contribution in [0.4, 0.5) is 0 Å². The Hall–Kier alpha value is -4.10. The molecule has 1 heteroatoms. The average Bonchev–Trinajstić information content (AvgIpc) is 3.34. The molecule has 1 heterocycles. The highest BCUT2D eigenvalue weighted by Gasteiger charge is 2.47. The third-order valence-electron chi connectivity index (χ3n) is 10.3. The number of hydrogen-bond acceptors (Lipinski definition) is 1. The van der Waals surface area contributed by atoms with Crippen molar-refractivity contribution in [3.05, 3.63) is 143 Å². The summed E-state index contributed by atoms with van der Waals surface area (Å²) >= 11 is 0. The van der Waals surface area contributed by atoms with Crippen molar-refractivity contribution in [2.45, 2.75) is 69.3 Å². The molecule has 5 aromatic carbocycles. The lowest BCUT2D eigenvalue weighted by Crippen LogP contribution is -2.35. The second-order valence-corrected chi connectivity index (χ2v) is 12.5. The van der Waals surface area contributed by atoms with Crippen LogP contribution in [0.25, 0.3) is 28.0 Å². The van der Waals surface area contributed by atoms with E-state index in [4.69, 9.17) is 4.74 Å². The van der Waals surface area contributed by atoms with Crippen molar-refractivity contribution in [2.75, 3.05) is 0 Å². The minimum absolute atomic E-state index is 0.0314. The number of rotatable bonds is 3. The molecule has 1 aliphatic heterocycles. The van der Waals surface area contributed by atoms with Gasteiger partial charge in [-0.1, -0.05) is 148 Å². The Morgan fingerprint density at radius 3 is 2.05 bits per heavy atom. The molecule has 0 radical (unpaired) electrons. The lowest BCUT2D eigenvalue weighted by Gasteiger charge is -2.40. The summed E-state index contributed by atoms with van der Waals surface area (Å²) in [7, 11) is 0. The van der Waals surface area contributed by atoms with Gasteiger partial charge < -0.3 is 4.74 Å². The maximum Gasteiger partial charge on any atom is 0.178 e. The van der Waals surface area contributed by atoms with Crippen LogP contribution in [-0.4, -0.2) is 0 Å². The van der Waals surface area contributed by atoms with Gasteiger partial charge >= 0.3 is 0 Å². The molecular formula is C41H38O. The third kappa shape index (κ3) is 3.69. The van der Waals surface area contributed by atoms with Gasteiger partial charge in [-0.25, -0.2) is 0 Å². The largest absolute Gasteiger partial charge is 0.472 e. The number of benzene rings is 5. The van der Waals surface area contributed by atoms with Crippen molar-refractivity contribution in [3.8, 4) is 16.9 Å². The van der Waals surface area contributed by atoms with E-state index >= 15 is 0 Å². The fourth-order valence-electron chi connectivity index (χ4n) is 8.30. The predicted molar refractivity (Wildman–Crippen MR) is 175 cm³/mol. The van der Waals surface area contributed by atoms with Crippen molar-refractivity contribution < 1.29 is 4.74 Å². The fraction of sp³-hybridized carbons (Fsp3) is 0.268. The summed E-state index contributed by atoms with van der Waals surface area (Å²) in [5.41, 5.74) is 10.2. The Morgan fingerprint density at radius 2 is 1.29 bits per heavy atom. The van der Waals surface area contributed by atoms with Crippen molar-refractivity contribution in [1.82, 2.24) is 0 Å². The second kappa shape index (κ2) is 10.0. The van der Waals surface area contributed by atoms with E-state index in [0.29, 0.717) is 0 Å². The first kappa shape index (κ1) is 25.6. The molecule has 0 N–H and O–H groups in total. The molecule has 1 fully saturated rings. The molecule has 1 atom stereocenters. The van der Waals surface area contributed by atoms with Crippen LogP contribution < -0.4 is 4.74 Å². The summed E-state index contributed by atoms with van der Waals surface area (Å²) in [6.45, 7) is 2.21. The molecule has 1 nitrogen and oxygen atoms in total. The molecular weight excluding hydrogens is 508 g/mol. The standard InChI is InChI=1S/C41H38O/c1-2-29-21-23-31(24-22-29)41(30-15-7-6-8-16-30)28-25-35-38-37(32-17-9-10-18-33(32)39(35)42-41)34-19-11-12-20-36(34)40(38)26-13-4-3-5-14-27-40/h6-12,15-25,28H,2-5,13-14,26-27H2,1H3. The zero-order valence-corrected chi connectivity index (χ0v) is 24.5. The van der Waals surface area contributed by atoms with Gasteiger partial charge in [-0.15, -0.1) is 0 Å². The van der Waals surface area contributed by atoms with Crippen LogP contribution in [0.5, 0.6) is 5.75 Å². The zero-order valence-electron chi connectivity index (χ0n) is 24.5. The van der Waals surface area contributed by atoms with Crippen molar-refractivity contribution >= 4 is 16.8 Å². The summed E-state index contributed by atoms with van der Waals surface area (Å²) in [4.78, 5) is 0. The van der Waals surface area contributed by atoms with E-state index < -0.39 is 5.60 Å². The van der Waals surface area contributed by atoms with E-state index in [-0.39, 0.29) is 5.41 Å². The lowest BCUT2D eigenvalue weighted by atomic mass is 9.67. The number of aryl methyl sites for hydroxylation is 1. The van der Waals surface area contributed by atoms with Gasteiger partial charge in [0.25, 0.3) is 0 Å². The van der Waals surface area contributed by atoms with Crippen LogP contribution in [-0.2, 0) is 17.4 Å². The topological polar surface area (TPSA) is 9.23 Å². The Kier molecular flexibility index (Phi) is 6.11. The first-order valence-corrected chi connectivity index (χ1v) is 16.0. The molecule has 1 unspecified atom stereocenters. The normalized spacial score (nSPS) is 20.3. The molecule has 5 aromatic rings. The maximum absolute atomic E-state index is 7.51. The molecule has 42 heavy (non-hydrogen) atoms. The molecule has 0 aromatic heterocycles. The molecule has 8 rings (SSSR count). The molecule has 0 saturated heterocycles. The first-order valence-electron chi connectivity index (χ1n) is 16.0. The van der Waals surface area contributed by atoms with Crippen molar-refractivity contribution in [1.29, 1.82) is 0 Å². The van der Waals surface area contributed by atoms with Crippen LogP contribution in [0.3, 0.4) is 0 Å². The van der Waals surface area contributed by atoms with Crippen LogP contribution >= 0.6 is 0 Å². The number of ether oxygens (including phenoxy) is 1. The highest BCUT2D eigenvalue weighted by molar-refractivity contribution is 6.08. The third-order valence-corrected chi connectivity index (χ3v) is 10.3. The maximum atomic E-state index is 7.51. The van der Waals surface area contributed by atoms with Gasteiger partial charge in [0.05, 0.1) is 0 Å². The first-order chi connectivity index (χ1) is 20.7. The van der Waals surface area contributed by atoms with Crippen LogP contribution in [0.2, 0.25) is 0 Å². The molecule has 1 spiro atoms. The zero-order chi connectivity index (χ0) is 28.1. The van der Waals surface area contributed by atoms with Crippen LogP contribution in [0.1, 0.15) is 85.3 Å². The smallest absolute Gasteiger partial charge is 0.178 e. The van der Waals surface area contributed by atoms with Gasteiger partial charge in [0.15, 0.2) is 5.60 Å². The van der Waals surface area contributed by atoms with Crippen molar-refractivity contribution in [3.63, 3.8) is 0 Å². The number of hydrogen-bond donors (Lipinski definition) is 0. The Morgan fingerprint density at radius 1 is 0.643 bits per heavy atom. The minimum atomic E-state index is -0.697. The number of fused-ring (bicyclic) bond motifs is 10. The van der Waals surface area contributed by atoms with Crippen LogP contribution in [0, 0.1) is 0 Å². The summed E-state index contributed by atoms with van der Waals surface area (Å²) in [5, 5.41) is 2.52. The minimum Gasteiger partial charge on any atom is -0.472 e. The highest BCUT2D eigenvalue weighted by atomic mass is 16.5. The summed E-state index contributed by atoms with van der Waals surface area (Å²) in [6.07, 6.45) is 14.8. The quantitative estimate of drug-likeness (QED) is 0.219. The van der Waals surface area contributed by atoms with Gasteiger partial charge in [0.1, 0.15) is 5.75 Å². The van der Waals surface area contributed by atoms with Gasteiger partial charge in [0, 0.05) is 27.5 Å². The molecule has 3 aliphatic rings. The summed E-state index contributed by atoms with van der Waals surface area (Å²) in [5.74, 6) is 1.03. The molecule has 208 valence electrons. The van der Waals surface area contributed by atoms with E-state index in [1.807, 2.05) is 0 Å². The van der Waals surface area contributed by atoms with Crippen LogP contribution in [0.15, 0.2) is 109 Å². The SMILES string of the molecule is CCc1ccc(C2(c3ccccc3)C=Cc3c4c(c5ccccc5c3O2)-c2ccccc2C42CCCCCCC2)cc1. The summed E-state index contributed by atoms with van der Waals surface area (Å²) < 4.78 is 7.51. The predicted octanol–water partition coefficient (Wildman–Crippen LogP) is 10.8. The Balaban J connectivity index is 1.43. The van der Waals surface area contributed by atoms with Gasteiger partial charge in [-0.2, -0.15) is 0 Å². The van der Waals surface area contributed by atoms with E-state index in [1.165, 1.54) is 94.7 Å². The van der Waals surface area contributed by atoms with E-state index in [9.17, 15) is 0 Å². The molecule has 0 amide bonds. The molecule has 2 aliphatic carbocycles. The van der Waals surface area contributed by atoms with Crippen molar-refractivity contribution in [2.24, 2.45) is 0 Å². The monoisotopic (exact) mass is 546 g/mol. The van der Waals surface area contributed by atoms with Gasteiger partial charge in [-0.05, 0) is 58.5 Å². The van der Waals surface area contributed by atoms with Gasteiger partial charge in [0.2, 0.25) is 0 Å². The molecule has 1 saturated carbocycles. The van der Waals surface area contributed by atoms with E-state index in [1.54, 1.807) is 0 Å². The fourth-order valence-corrected chi connectivity index (χ4v) is 8.30. The summed E-state index contributed by atoms with van der Waals surface area (Å²) in [6, 6.07) is 38.1. The molecule has 0 bridgehead atoms. The average molecular weight is 547 g/mol. The van der Waals surface area contributed by atoms with Gasteiger partial charge in [-0.3, -0.25) is 0 Å². The van der Waals surface area contributed by atoms with E-state index in [2.05, 4.69) is 122 Å². The van der Waals surface area contributed by atoms with E-state index in [0.717, 1.165) is 17.7 Å².